The molecule has 23 heavy (non-hydrogen) atoms. The molecule has 0 aromatic carbocycles. The van der Waals surface area contributed by atoms with Gasteiger partial charge in [-0.15, -0.1) is 0 Å². The second-order valence-corrected chi connectivity index (χ2v) is 5.83. The molecule has 1 aliphatic heterocycles. The van der Waals surface area contributed by atoms with Gasteiger partial charge in [0.25, 0.3) is 0 Å². The molecule has 0 unspecified atom stereocenters. The van der Waals surface area contributed by atoms with Gasteiger partial charge in [-0.1, -0.05) is 0 Å². The summed E-state index contributed by atoms with van der Waals surface area (Å²) in [6.45, 7) is 7.13. The third-order valence-corrected chi connectivity index (χ3v) is 4.47. The van der Waals surface area contributed by atoms with Gasteiger partial charge in [0, 0.05) is 38.5 Å². The highest BCUT2D eigenvalue weighted by atomic mass is 16.5. The number of aromatic amines is 1. The number of ether oxygens (including phenoxy) is 1. The number of aromatic nitrogens is 5. The van der Waals surface area contributed by atoms with E-state index in [4.69, 9.17) is 4.74 Å². The van der Waals surface area contributed by atoms with E-state index in [0.717, 1.165) is 17.7 Å². The largest absolute Gasteiger partial charge is 0.380 e. The molecule has 8 nitrogen and oxygen atoms in total. The molecule has 2 atom stereocenters. The van der Waals surface area contributed by atoms with Crippen LogP contribution in [-0.4, -0.2) is 44.5 Å². The zero-order chi connectivity index (χ0) is 16.6. The Kier molecular flexibility index (Phi) is 4.16. The second kappa shape index (κ2) is 6.11. The lowest BCUT2D eigenvalue weighted by Crippen LogP contribution is -2.29. The van der Waals surface area contributed by atoms with E-state index in [2.05, 4.69) is 25.1 Å². The molecular weight excluding hydrogens is 296 g/mol. The summed E-state index contributed by atoms with van der Waals surface area (Å²) in [5.41, 5.74) is 1.81. The molecule has 1 aliphatic rings. The van der Waals surface area contributed by atoms with Crippen molar-refractivity contribution in [2.24, 2.45) is 0 Å². The molecule has 1 N–H and O–H groups in total. The van der Waals surface area contributed by atoms with Crippen molar-refractivity contribution >= 4 is 5.95 Å². The van der Waals surface area contributed by atoms with Crippen LogP contribution in [-0.2, 0) is 11.3 Å². The Morgan fingerprint density at radius 2 is 2.22 bits per heavy atom. The molecule has 1 fully saturated rings. The fourth-order valence-corrected chi connectivity index (χ4v) is 2.98. The summed E-state index contributed by atoms with van der Waals surface area (Å²) >= 11 is 0. The van der Waals surface area contributed by atoms with Gasteiger partial charge in [0.05, 0.1) is 12.1 Å². The molecule has 2 aromatic heterocycles. The van der Waals surface area contributed by atoms with E-state index >= 15 is 0 Å². The molecule has 3 heterocycles. The van der Waals surface area contributed by atoms with E-state index in [0.29, 0.717) is 24.9 Å². The van der Waals surface area contributed by atoms with Gasteiger partial charge in [0.15, 0.2) is 5.82 Å². The van der Waals surface area contributed by atoms with E-state index < -0.39 is 0 Å². The highest BCUT2D eigenvalue weighted by molar-refractivity contribution is 5.38. The van der Waals surface area contributed by atoms with Crippen molar-refractivity contribution in [1.82, 2.24) is 24.7 Å². The SMILES string of the molecule is CCn1c([C@@H]2C[C@H](OC)CN2c2ncc(C)c(C)n2)n[nH]c1=O. The topological polar surface area (TPSA) is 88.9 Å². The number of methoxy groups -OCH3 is 1. The normalized spacial score (nSPS) is 21.1. The van der Waals surface area contributed by atoms with Crippen LogP contribution in [0.3, 0.4) is 0 Å². The zero-order valence-electron chi connectivity index (χ0n) is 13.9. The summed E-state index contributed by atoms with van der Waals surface area (Å²) in [6.07, 6.45) is 2.63. The van der Waals surface area contributed by atoms with Crippen LogP contribution in [0.4, 0.5) is 5.95 Å². The standard InChI is InChI=1S/C15H22N6O2/c1-5-20-13(18-19-15(20)22)12-6-11(23-4)8-21(12)14-16-7-9(2)10(3)17-14/h7,11-12H,5-6,8H2,1-4H3,(H,19,22)/t11-,12-/m0/s1. The molecular formula is C15H22N6O2. The number of anilines is 1. The molecule has 0 radical (unpaired) electrons. The van der Waals surface area contributed by atoms with E-state index in [-0.39, 0.29) is 17.8 Å². The van der Waals surface area contributed by atoms with Crippen LogP contribution in [0.2, 0.25) is 0 Å². The van der Waals surface area contributed by atoms with Gasteiger partial charge < -0.3 is 9.64 Å². The van der Waals surface area contributed by atoms with E-state index in [1.54, 1.807) is 11.7 Å². The molecule has 0 bridgehead atoms. The van der Waals surface area contributed by atoms with Crippen LogP contribution in [0.5, 0.6) is 0 Å². The third kappa shape index (κ3) is 2.74. The number of rotatable bonds is 4. The number of nitrogens with zero attached hydrogens (tertiary/aromatic N) is 5. The van der Waals surface area contributed by atoms with Crippen molar-refractivity contribution in [1.29, 1.82) is 0 Å². The van der Waals surface area contributed by atoms with Crippen molar-refractivity contribution in [2.75, 3.05) is 18.6 Å². The zero-order valence-corrected chi connectivity index (χ0v) is 13.9. The monoisotopic (exact) mass is 318 g/mol. The van der Waals surface area contributed by atoms with Gasteiger partial charge in [-0.3, -0.25) is 4.57 Å². The Hall–Kier alpha value is -2.22. The van der Waals surface area contributed by atoms with Gasteiger partial charge in [0.2, 0.25) is 5.95 Å². The summed E-state index contributed by atoms with van der Waals surface area (Å²) in [6, 6.07) is -0.0824. The summed E-state index contributed by atoms with van der Waals surface area (Å²) in [5.74, 6) is 1.36. The predicted molar refractivity (Wildman–Crippen MR) is 85.5 cm³/mol. The Labute approximate surface area is 134 Å². The fourth-order valence-electron chi connectivity index (χ4n) is 2.98. The van der Waals surface area contributed by atoms with Crippen LogP contribution in [0.1, 0.15) is 36.5 Å². The van der Waals surface area contributed by atoms with Crippen molar-refractivity contribution in [3.63, 3.8) is 0 Å². The first-order valence-corrected chi connectivity index (χ1v) is 7.79. The molecule has 2 aromatic rings. The Morgan fingerprint density at radius 1 is 1.43 bits per heavy atom. The first kappa shape index (κ1) is 15.7. The van der Waals surface area contributed by atoms with Gasteiger partial charge >= 0.3 is 5.69 Å². The molecule has 0 spiro atoms. The lowest BCUT2D eigenvalue weighted by molar-refractivity contribution is 0.118. The number of hydrogen-bond donors (Lipinski definition) is 1. The molecule has 8 heteroatoms. The third-order valence-electron chi connectivity index (χ3n) is 4.47. The van der Waals surface area contributed by atoms with E-state index in [1.165, 1.54) is 0 Å². The molecule has 1 saturated heterocycles. The van der Waals surface area contributed by atoms with Crippen LogP contribution in [0, 0.1) is 13.8 Å². The summed E-state index contributed by atoms with van der Waals surface area (Å²) in [4.78, 5) is 23.0. The molecule has 0 aliphatic carbocycles. The smallest absolute Gasteiger partial charge is 0.343 e. The van der Waals surface area contributed by atoms with Gasteiger partial charge in [0.1, 0.15) is 0 Å². The highest BCUT2D eigenvalue weighted by Crippen LogP contribution is 2.34. The minimum atomic E-state index is -0.190. The molecule has 0 saturated carbocycles. The first-order valence-electron chi connectivity index (χ1n) is 7.79. The molecule has 124 valence electrons. The van der Waals surface area contributed by atoms with Crippen LogP contribution >= 0.6 is 0 Å². The lowest BCUT2D eigenvalue weighted by Gasteiger charge is -2.24. The van der Waals surface area contributed by atoms with Crippen molar-refractivity contribution < 1.29 is 4.74 Å². The van der Waals surface area contributed by atoms with Crippen LogP contribution in [0.25, 0.3) is 0 Å². The number of hydrogen-bond acceptors (Lipinski definition) is 6. The average Bonchev–Trinajstić information content (AvgIpc) is 3.12. The summed E-state index contributed by atoms with van der Waals surface area (Å²) in [7, 11) is 1.70. The number of H-pyrrole nitrogens is 1. The minimum Gasteiger partial charge on any atom is -0.380 e. The maximum Gasteiger partial charge on any atom is 0.343 e. The molecule has 3 rings (SSSR count). The fraction of sp³-hybridized carbons (Fsp3) is 0.600. The maximum absolute atomic E-state index is 11.9. The Balaban J connectivity index is 2.02. The Bertz CT molecular complexity index is 753. The lowest BCUT2D eigenvalue weighted by atomic mass is 10.2. The van der Waals surface area contributed by atoms with Crippen LogP contribution in [0.15, 0.2) is 11.0 Å². The Morgan fingerprint density at radius 3 is 2.87 bits per heavy atom. The summed E-state index contributed by atoms with van der Waals surface area (Å²) in [5, 5.41) is 6.77. The van der Waals surface area contributed by atoms with E-state index in [9.17, 15) is 4.79 Å². The number of aryl methyl sites for hydroxylation is 2. The average molecular weight is 318 g/mol. The maximum atomic E-state index is 11.9. The van der Waals surface area contributed by atoms with Gasteiger partial charge in [-0.2, -0.15) is 5.10 Å². The minimum absolute atomic E-state index is 0.0577. The van der Waals surface area contributed by atoms with Gasteiger partial charge in [-0.05, 0) is 26.3 Å². The molecule has 0 amide bonds. The second-order valence-electron chi connectivity index (χ2n) is 5.83. The van der Waals surface area contributed by atoms with Crippen molar-refractivity contribution in [2.45, 2.75) is 45.9 Å². The first-order chi connectivity index (χ1) is 11.0. The number of nitrogens with one attached hydrogen (secondary N) is 1. The quantitative estimate of drug-likeness (QED) is 0.903. The highest BCUT2D eigenvalue weighted by Gasteiger charge is 2.38. The summed E-state index contributed by atoms with van der Waals surface area (Å²) < 4.78 is 7.18. The van der Waals surface area contributed by atoms with E-state index in [1.807, 2.05) is 27.0 Å². The van der Waals surface area contributed by atoms with Crippen LogP contribution < -0.4 is 10.6 Å². The van der Waals surface area contributed by atoms with Gasteiger partial charge in [-0.25, -0.2) is 19.9 Å². The predicted octanol–water partition coefficient (Wildman–Crippen LogP) is 0.965. The van der Waals surface area contributed by atoms with Crippen molar-refractivity contribution in [3.05, 3.63) is 33.8 Å². The van der Waals surface area contributed by atoms with Crippen molar-refractivity contribution in [3.8, 4) is 0 Å².